The molecule has 5 heterocycles. The number of fused-ring (bicyclic) bond motifs is 9. The van der Waals surface area contributed by atoms with Crippen molar-refractivity contribution in [3.63, 3.8) is 0 Å². The zero-order chi connectivity index (χ0) is 41.4. The molecule has 0 saturated carbocycles. The van der Waals surface area contributed by atoms with Crippen LogP contribution in [0.4, 0.5) is 0 Å². The van der Waals surface area contributed by atoms with Crippen molar-refractivity contribution in [2.24, 2.45) is 0 Å². The van der Waals surface area contributed by atoms with Crippen LogP contribution in [-0.4, -0.2) is 29.5 Å². The quantitative estimate of drug-likeness (QED) is 0.165. The van der Waals surface area contributed by atoms with Gasteiger partial charge in [0.05, 0.1) is 16.6 Å². The van der Waals surface area contributed by atoms with E-state index in [1.165, 1.54) is 10.8 Å². The van der Waals surface area contributed by atoms with Gasteiger partial charge >= 0.3 is 0 Å². The standard InChI is InChI=1S/C55H32N6O2/c1-3-14-33(15-4-1)48-51-49(42-20-9-12-25-46(42)62-51)57-55(56-48)43-22-13-21-41-40-31-28-36(32-47(40)63-50(41)43)54-59-52(34-16-5-2-6-17-34)58-53(60-54)35-26-29-37(30-27-35)61-44-23-10-7-18-38(44)39-19-8-11-24-45(39)61/h1-32H. The molecule has 8 heteroatoms. The first kappa shape index (κ1) is 35.0. The molecule has 0 saturated heterocycles. The summed E-state index contributed by atoms with van der Waals surface area (Å²) in [5, 5.41) is 5.30. The minimum atomic E-state index is 0.543. The first-order valence-electron chi connectivity index (χ1n) is 20.8. The van der Waals surface area contributed by atoms with Gasteiger partial charge < -0.3 is 13.4 Å². The molecule has 0 fully saturated rings. The number of hydrogen-bond acceptors (Lipinski definition) is 7. The van der Waals surface area contributed by atoms with E-state index >= 15 is 0 Å². The van der Waals surface area contributed by atoms with Crippen molar-refractivity contribution in [1.82, 2.24) is 29.5 Å². The maximum absolute atomic E-state index is 6.79. The van der Waals surface area contributed by atoms with Gasteiger partial charge in [-0.1, -0.05) is 127 Å². The predicted molar refractivity (Wildman–Crippen MR) is 251 cm³/mol. The van der Waals surface area contributed by atoms with E-state index in [1.807, 2.05) is 103 Å². The first-order valence-corrected chi connectivity index (χ1v) is 20.8. The van der Waals surface area contributed by atoms with Crippen molar-refractivity contribution < 1.29 is 8.83 Å². The summed E-state index contributed by atoms with van der Waals surface area (Å²) < 4.78 is 15.5. The lowest BCUT2D eigenvalue weighted by Gasteiger charge is -2.10. The number of hydrogen-bond donors (Lipinski definition) is 0. The monoisotopic (exact) mass is 808 g/mol. The Morgan fingerprint density at radius 3 is 1.60 bits per heavy atom. The Hall–Kier alpha value is -8.75. The molecule has 63 heavy (non-hydrogen) atoms. The van der Waals surface area contributed by atoms with Gasteiger partial charge in [0.2, 0.25) is 0 Å². The molecule has 0 radical (unpaired) electrons. The fraction of sp³-hybridized carbons (Fsp3) is 0. The second-order valence-corrected chi connectivity index (χ2v) is 15.6. The molecular weight excluding hydrogens is 777 g/mol. The van der Waals surface area contributed by atoms with E-state index in [4.69, 9.17) is 33.8 Å². The third-order valence-electron chi connectivity index (χ3n) is 11.9. The maximum atomic E-state index is 6.79. The Labute approximate surface area is 359 Å². The number of rotatable bonds is 6. The average Bonchev–Trinajstić information content (AvgIpc) is 4.04. The highest BCUT2D eigenvalue weighted by Gasteiger charge is 2.22. The van der Waals surface area contributed by atoms with E-state index in [2.05, 4.69) is 95.6 Å². The molecule has 0 bridgehead atoms. The van der Waals surface area contributed by atoms with Gasteiger partial charge in [-0.25, -0.2) is 24.9 Å². The molecule has 8 nitrogen and oxygen atoms in total. The summed E-state index contributed by atoms with van der Waals surface area (Å²) in [6.45, 7) is 0. The van der Waals surface area contributed by atoms with Crippen LogP contribution in [0.1, 0.15) is 0 Å². The van der Waals surface area contributed by atoms with Gasteiger partial charge in [0.25, 0.3) is 0 Å². The summed E-state index contributed by atoms with van der Waals surface area (Å²) in [6.07, 6.45) is 0. The summed E-state index contributed by atoms with van der Waals surface area (Å²) in [5.74, 6) is 2.26. The Balaban J connectivity index is 0.936. The number of benzene rings is 8. The number of nitrogens with zero attached hydrogens (tertiary/aromatic N) is 6. The van der Waals surface area contributed by atoms with Crippen LogP contribution in [0.25, 0.3) is 128 Å². The van der Waals surface area contributed by atoms with E-state index in [9.17, 15) is 0 Å². The number of furan rings is 2. The van der Waals surface area contributed by atoms with Crippen LogP contribution in [0.5, 0.6) is 0 Å². The lowest BCUT2D eigenvalue weighted by molar-refractivity contribution is 0.666. The Morgan fingerprint density at radius 1 is 0.333 bits per heavy atom. The molecule has 5 aromatic heterocycles. The van der Waals surface area contributed by atoms with Gasteiger partial charge in [-0.05, 0) is 66.7 Å². The number of para-hydroxylation sites is 4. The third-order valence-corrected chi connectivity index (χ3v) is 11.9. The average molecular weight is 809 g/mol. The molecule has 0 N–H and O–H groups in total. The smallest absolute Gasteiger partial charge is 0.180 e. The van der Waals surface area contributed by atoms with Crippen LogP contribution >= 0.6 is 0 Å². The predicted octanol–water partition coefficient (Wildman–Crippen LogP) is 13.9. The molecule has 13 rings (SSSR count). The largest absolute Gasteiger partial charge is 0.455 e. The highest BCUT2D eigenvalue weighted by Crippen LogP contribution is 2.40. The summed E-state index contributed by atoms with van der Waals surface area (Å²) in [4.78, 5) is 25.5. The summed E-state index contributed by atoms with van der Waals surface area (Å²) in [6, 6.07) is 65.9. The van der Waals surface area contributed by atoms with Crippen LogP contribution in [0, 0.1) is 0 Å². The summed E-state index contributed by atoms with van der Waals surface area (Å²) in [5.41, 5.74) is 12.0. The second kappa shape index (κ2) is 13.9. The van der Waals surface area contributed by atoms with Crippen molar-refractivity contribution in [3.8, 4) is 62.5 Å². The van der Waals surface area contributed by atoms with Crippen molar-refractivity contribution in [3.05, 3.63) is 194 Å². The van der Waals surface area contributed by atoms with Gasteiger partial charge in [-0.2, -0.15) is 0 Å². The van der Waals surface area contributed by atoms with Crippen molar-refractivity contribution in [2.75, 3.05) is 0 Å². The summed E-state index contributed by atoms with van der Waals surface area (Å²) >= 11 is 0. The number of aromatic nitrogens is 6. The van der Waals surface area contributed by atoms with Gasteiger partial charge in [-0.15, -0.1) is 0 Å². The van der Waals surface area contributed by atoms with Gasteiger partial charge in [0.1, 0.15) is 28.0 Å². The zero-order valence-corrected chi connectivity index (χ0v) is 33.5. The fourth-order valence-electron chi connectivity index (χ4n) is 8.93. The van der Waals surface area contributed by atoms with Crippen LogP contribution in [0.2, 0.25) is 0 Å². The SMILES string of the molecule is c1ccc(-c2nc(-c3ccc(-n4c5ccccc5c5ccccc54)cc3)nc(-c3ccc4c(c3)oc3c(-c5nc(-c6ccccc6)c6oc7ccccc7c6n5)cccc34)n2)cc1. The first-order chi connectivity index (χ1) is 31.2. The summed E-state index contributed by atoms with van der Waals surface area (Å²) in [7, 11) is 0. The van der Waals surface area contributed by atoms with E-state index in [0.717, 1.165) is 77.5 Å². The highest BCUT2D eigenvalue weighted by atomic mass is 16.3. The minimum Gasteiger partial charge on any atom is -0.455 e. The van der Waals surface area contributed by atoms with Crippen molar-refractivity contribution in [2.45, 2.75) is 0 Å². The van der Waals surface area contributed by atoms with Crippen LogP contribution in [0.3, 0.4) is 0 Å². The van der Waals surface area contributed by atoms with Crippen LogP contribution in [-0.2, 0) is 0 Å². The fourth-order valence-corrected chi connectivity index (χ4v) is 8.93. The van der Waals surface area contributed by atoms with Gasteiger partial charge in [0.15, 0.2) is 28.9 Å². The second-order valence-electron chi connectivity index (χ2n) is 15.6. The van der Waals surface area contributed by atoms with Gasteiger partial charge in [-0.3, -0.25) is 0 Å². The van der Waals surface area contributed by atoms with Crippen molar-refractivity contribution in [1.29, 1.82) is 0 Å². The topological polar surface area (TPSA) is 95.7 Å². The normalized spacial score (nSPS) is 11.8. The molecule has 13 aromatic rings. The third kappa shape index (κ3) is 5.66. The van der Waals surface area contributed by atoms with E-state index in [1.54, 1.807) is 0 Å². The van der Waals surface area contributed by atoms with Crippen LogP contribution in [0.15, 0.2) is 203 Å². The Morgan fingerprint density at radius 2 is 0.889 bits per heavy atom. The lowest BCUT2D eigenvalue weighted by Crippen LogP contribution is -2.00. The molecule has 0 aliphatic heterocycles. The molecular formula is C55H32N6O2. The van der Waals surface area contributed by atoms with E-state index in [-0.39, 0.29) is 0 Å². The maximum Gasteiger partial charge on any atom is 0.180 e. The molecule has 0 aliphatic carbocycles. The molecule has 8 aromatic carbocycles. The molecule has 294 valence electrons. The molecule has 0 atom stereocenters. The molecule has 0 aliphatic rings. The Kier molecular flexibility index (Phi) is 7.74. The van der Waals surface area contributed by atoms with E-state index in [0.29, 0.717) is 40.0 Å². The van der Waals surface area contributed by atoms with Gasteiger partial charge in [0, 0.05) is 54.9 Å². The molecule has 0 unspecified atom stereocenters. The highest BCUT2D eigenvalue weighted by molar-refractivity contribution is 6.12. The Bertz CT molecular complexity index is 3860. The lowest BCUT2D eigenvalue weighted by atomic mass is 10.1. The molecule has 0 amide bonds. The van der Waals surface area contributed by atoms with Crippen molar-refractivity contribution >= 4 is 65.8 Å². The van der Waals surface area contributed by atoms with Crippen LogP contribution < -0.4 is 0 Å². The zero-order valence-electron chi connectivity index (χ0n) is 33.5. The van der Waals surface area contributed by atoms with E-state index < -0.39 is 0 Å². The molecule has 0 spiro atoms. The minimum absolute atomic E-state index is 0.543.